The van der Waals surface area contributed by atoms with Crippen LogP contribution in [-0.4, -0.2) is 12.0 Å². The molecule has 0 radical (unpaired) electrons. The van der Waals surface area contributed by atoms with Crippen molar-refractivity contribution in [3.63, 3.8) is 0 Å². The van der Waals surface area contributed by atoms with E-state index in [1.54, 1.807) is 19.1 Å². The maximum Gasteiger partial charge on any atom is 0.265 e. The van der Waals surface area contributed by atoms with E-state index in [9.17, 15) is 4.79 Å². The molecule has 4 nitrogen and oxygen atoms in total. The molecule has 128 valence electrons. The molecule has 0 aliphatic heterocycles. The van der Waals surface area contributed by atoms with Gasteiger partial charge in [-0.15, -0.1) is 0 Å². The van der Waals surface area contributed by atoms with E-state index < -0.39 is 6.10 Å². The number of nitriles is 1. The fraction of sp³-hybridized carbons (Fsp3) is 0.0909. The standard InChI is InChI=1S/C22H18N2O2/c1-16(22(25)24-20-5-3-2-4-6-20)26-21-13-11-19(12-14-21)18-9-7-17(15-23)8-10-18/h2-14,16H,1H3,(H,24,25)/t16-/m0/s1. The molecule has 0 aliphatic rings. The second-order valence-electron chi connectivity index (χ2n) is 5.83. The average molecular weight is 342 g/mol. The van der Waals surface area contributed by atoms with Crippen molar-refractivity contribution in [2.24, 2.45) is 0 Å². The third-order valence-electron chi connectivity index (χ3n) is 3.93. The van der Waals surface area contributed by atoms with E-state index in [0.717, 1.165) is 16.8 Å². The maximum atomic E-state index is 12.2. The van der Waals surface area contributed by atoms with Crippen LogP contribution in [0.25, 0.3) is 11.1 Å². The van der Waals surface area contributed by atoms with Gasteiger partial charge in [0.15, 0.2) is 6.10 Å². The number of carbonyl (C=O) groups excluding carboxylic acids is 1. The minimum atomic E-state index is -0.615. The molecule has 0 aromatic heterocycles. The summed E-state index contributed by atoms with van der Waals surface area (Å²) in [4.78, 5) is 12.2. The molecule has 3 rings (SSSR count). The van der Waals surface area contributed by atoms with Gasteiger partial charge in [0, 0.05) is 5.69 Å². The van der Waals surface area contributed by atoms with Crippen molar-refractivity contribution < 1.29 is 9.53 Å². The lowest BCUT2D eigenvalue weighted by molar-refractivity contribution is -0.122. The number of rotatable bonds is 5. The van der Waals surface area contributed by atoms with Crippen molar-refractivity contribution >= 4 is 11.6 Å². The molecule has 1 atom stereocenters. The summed E-state index contributed by atoms with van der Waals surface area (Å²) in [5, 5.41) is 11.7. The minimum Gasteiger partial charge on any atom is -0.481 e. The Morgan fingerprint density at radius 2 is 1.50 bits per heavy atom. The fourth-order valence-corrected chi connectivity index (χ4v) is 2.49. The summed E-state index contributed by atoms with van der Waals surface area (Å²) in [5.74, 6) is 0.422. The largest absolute Gasteiger partial charge is 0.481 e. The summed E-state index contributed by atoms with van der Waals surface area (Å²) < 4.78 is 5.72. The molecule has 1 N–H and O–H groups in total. The summed E-state index contributed by atoms with van der Waals surface area (Å²) in [6.45, 7) is 1.72. The normalized spacial score (nSPS) is 11.2. The molecule has 0 heterocycles. The van der Waals surface area contributed by atoms with Gasteiger partial charge in [-0.05, 0) is 54.4 Å². The third kappa shape index (κ3) is 4.28. The van der Waals surface area contributed by atoms with Crippen LogP contribution in [-0.2, 0) is 4.79 Å². The zero-order chi connectivity index (χ0) is 18.4. The molecule has 0 fully saturated rings. The van der Waals surface area contributed by atoms with Gasteiger partial charge in [0.25, 0.3) is 5.91 Å². The lowest BCUT2D eigenvalue weighted by Gasteiger charge is -2.15. The Morgan fingerprint density at radius 3 is 2.08 bits per heavy atom. The molecule has 0 saturated heterocycles. The van der Waals surface area contributed by atoms with Crippen LogP contribution >= 0.6 is 0 Å². The SMILES string of the molecule is C[C@H](Oc1ccc(-c2ccc(C#N)cc2)cc1)C(=O)Nc1ccccc1. The smallest absolute Gasteiger partial charge is 0.265 e. The molecule has 0 unspecified atom stereocenters. The van der Waals surface area contributed by atoms with Crippen LogP contribution in [0.4, 0.5) is 5.69 Å². The van der Waals surface area contributed by atoms with Crippen LogP contribution in [0.2, 0.25) is 0 Å². The predicted octanol–water partition coefficient (Wildman–Crippen LogP) is 4.63. The van der Waals surface area contributed by atoms with E-state index in [1.807, 2.05) is 66.7 Å². The quantitative estimate of drug-likeness (QED) is 0.735. The van der Waals surface area contributed by atoms with Crippen molar-refractivity contribution in [3.8, 4) is 22.9 Å². The van der Waals surface area contributed by atoms with E-state index in [2.05, 4.69) is 11.4 Å². The van der Waals surface area contributed by atoms with Crippen LogP contribution < -0.4 is 10.1 Å². The van der Waals surface area contributed by atoms with Crippen LogP contribution in [0, 0.1) is 11.3 Å². The Bertz CT molecular complexity index is 911. The Labute approximate surface area is 152 Å². The first-order valence-corrected chi connectivity index (χ1v) is 8.29. The lowest BCUT2D eigenvalue weighted by Crippen LogP contribution is -2.30. The summed E-state index contributed by atoms with van der Waals surface area (Å²) in [6, 6.07) is 26.3. The molecule has 4 heteroatoms. The van der Waals surface area contributed by atoms with Gasteiger partial charge in [-0.25, -0.2) is 0 Å². The van der Waals surface area contributed by atoms with Gasteiger partial charge >= 0.3 is 0 Å². The fourth-order valence-electron chi connectivity index (χ4n) is 2.49. The summed E-state index contributed by atoms with van der Waals surface area (Å²) >= 11 is 0. The second-order valence-corrected chi connectivity index (χ2v) is 5.83. The van der Waals surface area contributed by atoms with Crippen molar-refractivity contribution in [1.82, 2.24) is 0 Å². The minimum absolute atomic E-state index is 0.202. The summed E-state index contributed by atoms with van der Waals surface area (Å²) in [7, 11) is 0. The molecule has 0 bridgehead atoms. The van der Waals surface area contributed by atoms with Crippen LogP contribution in [0.15, 0.2) is 78.9 Å². The highest BCUT2D eigenvalue weighted by atomic mass is 16.5. The first kappa shape index (κ1) is 17.2. The Balaban J connectivity index is 1.63. The molecule has 26 heavy (non-hydrogen) atoms. The van der Waals surface area contributed by atoms with E-state index in [4.69, 9.17) is 10.00 Å². The number of amides is 1. The van der Waals surface area contributed by atoms with E-state index >= 15 is 0 Å². The lowest BCUT2D eigenvalue weighted by atomic mass is 10.0. The molecular weight excluding hydrogens is 324 g/mol. The van der Waals surface area contributed by atoms with Crippen molar-refractivity contribution in [2.75, 3.05) is 5.32 Å². The Hall–Kier alpha value is -3.58. The van der Waals surface area contributed by atoms with Crippen LogP contribution in [0.5, 0.6) is 5.75 Å². The number of hydrogen-bond acceptors (Lipinski definition) is 3. The molecule has 1 amide bonds. The van der Waals surface area contributed by atoms with Gasteiger partial charge in [-0.2, -0.15) is 5.26 Å². The maximum absolute atomic E-state index is 12.2. The van der Waals surface area contributed by atoms with Gasteiger partial charge < -0.3 is 10.1 Å². The highest BCUT2D eigenvalue weighted by Crippen LogP contribution is 2.23. The summed E-state index contributed by atoms with van der Waals surface area (Å²) in [5.41, 5.74) is 3.41. The predicted molar refractivity (Wildman–Crippen MR) is 102 cm³/mol. The first-order valence-electron chi connectivity index (χ1n) is 8.29. The van der Waals surface area contributed by atoms with Gasteiger partial charge in [0.2, 0.25) is 0 Å². The van der Waals surface area contributed by atoms with Gasteiger partial charge in [-0.1, -0.05) is 42.5 Å². The zero-order valence-corrected chi connectivity index (χ0v) is 14.3. The number of para-hydroxylation sites is 1. The number of ether oxygens (including phenoxy) is 1. The molecule has 3 aromatic rings. The molecule has 0 spiro atoms. The number of anilines is 1. The monoisotopic (exact) mass is 342 g/mol. The van der Waals surface area contributed by atoms with Gasteiger partial charge in [-0.3, -0.25) is 4.79 Å². The summed E-state index contributed by atoms with van der Waals surface area (Å²) in [6.07, 6.45) is -0.615. The third-order valence-corrected chi connectivity index (χ3v) is 3.93. The number of nitrogens with one attached hydrogen (secondary N) is 1. The number of nitrogens with zero attached hydrogens (tertiary/aromatic N) is 1. The topological polar surface area (TPSA) is 62.1 Å². The van der Waals surface area contributed by atoms with E-state index in [0.29, 0.717) is 11.3 Å². The van der Waals surface area contributed by atoms with Crippen molar-refractivity contribution in [1.29, 1.82) is 5.26 Å². The number of benzene rings is 3. The molecular formula is C22H18N2O2. The van der Waals surface area contributed by atoms with E-state index in [1.165, 1.54) is 0 Å². The molecule has 3 aromatic carbocycles. The second kappa shape index (κ2) is 8.00. The van der Waals surface area contributed by atoms with Gasteiger partial charge in [0.1, 0.15) is 5.75 Å². The average Bonchev–Trinajstić information content (AvgIpc) is 2.69. The highest BCUT2D eigenvalue weighted by molar-refractivity contribution is 5.94. The Morgan fingerprint density at radius 1 is 0.923 bits per heavy atom. The number of hydrogen-bond donors (Lipinski definition) is 1. The molecule has 0 aliphatic carbocycles. The van der Waals surface area contributed by atoms with Gasteiger partial charge in [0.05, 0.1) is 11.6 Å². The Kier molecular flexibility index (Phi) is 5.31. The zero-order valence-electron chi connectivity index (χ0n) is 14.3. The van der Waals surface area contributed by atoms with E-state index in [-0.39, 0.29) is 5.91 Å². The van der Waals surface area contributed by atoms with Crippen LogP contribution in [0.3, 0.4) is 0 Å². The van der Waals surface area contributed by atoms with Crippen molar-refractivity contribution in [2.45, 2.75) is 13.0 Å². The first-order chi connectivity index (χ1) is 12.7. The van der Waals surface area contributed by atoms with Crippen molar-refractivity contribution in [3.05, 3.63) is 84.4 Å². The number of carbonyl (C=O) groups is 1. The molecule has 0 saturated carbocycles. The highest BCUT2D eigenvalue weighted by Gasteiger charge is 2.14. The van der Waals surface area contributed by atoms with Crippen LogP contribution in [0.1, 0.15) is 12.5 Å².